The maximum absolute atomic E-state index is 4.36. The van der Waals surface area contributed by atoms with Crippen LogP contribution < -0.4 is 0 Å². The number of hydrogen-bond donors (Lipinski definition) is 0. The van der Waals surface area contributed by atoms with Crippen molar-refractivity contribution < 1.29 is 0 Å². The van der Waals surface area contributed by atoms with Gasteiger partial charge in [0.05, 0.1) is 5.69 Å². The Morgan fingerprint density at radius 3 is 2.28 bits per heavy atom. The molecule has 85 valence electrons. The van der Waals surface area contributed by atoms with Crippen LogP contribution in [-0.4, -0.2) is 4.98 Å². The zero-order valence-electron chi connectivity index (χ0n) is 9.88. The zero-order valence-corrected chi connectivity index (χ0v) is 9.88. The molecule has 1 nitrogen and oxygen atoms in total. The Hall–Kier alpha value is -2.41. The summed E-state index contributed by atoms with van der Waals surface area (Å²) in [5, 5.41) is 0. The largest absolute Gasteiger partial charge is 0.256 e. The predicted molar refractivity (Wildman–Crippen MR) is 73.9 cm³/mol. The van der Waals surface area contributed by atoms with E-state index in [0.717, 1.165) is 11.3 Å². The summed E-state index contributed by atoms with van der Waals surface area (Å²) in [5.74, 6) is 0. The van der Waals surface area contributed by atoms with Gasteiger partial charge >= 0.3 is 0 Å². The first-order valence-corrected chi connectivity index (χ1v) is 5.91. The van der Waals surface area contributed by atoms with Gasteiger partial charge in [-0.3, -0.25) is 4.98 Å². The highest BCUT2D eigenvalue weighted by molar-refractivity contribution is 5.70. The summed E-state index contributed by atoms with van der Waals surface area (Å²) in [6.07, 6.45) is 1.81. The molecule has 3 rings (SSSR count). The lowest BCUT2D eigenvalue weighted by atomic mass is 10.0. The van der Waals surface area contributed by atoms with Crippen molar-refractivity contribution in [1.29, 1.82) is 0 Å². The Balaban J connectivity index is 2.05. The van der Waals surface area contributed by atoms with Crippen LogP contribution >= 0.6 is 0 Å². The van der Waals surface area contributed by atoms with Crippen molar-refractivity contribution >= 4 is 0 Å². The Bertz CT molecular complexity index is 575. The van der Waals surface area contributed by atoms with Crippen molar-refractivity contribution in [2.45, 2.75) is 0 Å². The van der Waals surface area contributed by atoms with Gasteiger partial charge in [-0.1, -0.05) is 36.4 Å². The van der Waals surface area contributed by atoms with Gasteiger partial charge in [-0.2, -0.15) is 0 Å². The Labute approximate surface area is 107 Å². The highest BCUT2D eigenvalue weighted by Gasteiger charge is 2.01. The summed E-state index contributed by atoms with van der Waals surface area (Å²) in [4.78, 5) is 4.36. The van der Waals surface area contributed by atoms with Crippen molar-refractivity contribution in [3.8, 4) is 22.4 Å². The molecule has 2 aromatic carbocycles. The van der Waals surface area contributed by atoms with Crippen LogP contribution in [-0.2, 0) is 0 Å². The van der Waals surface area contributed by atoms with Crippen LogP contribution in [0, 0.1) is 6.07 Å². The van der Waals surface area contributed by atoms with Crippen LogP contribution in [0.1, 0.15) is 0 Å². The second-order valence-corrected chi connectivity index (χ2v) is 4.09. The van der Waals surface area contributed by atoms with Crippen molar-refractivity contribution in [2.24, 2.45) is 0 Å². The molecule has 0 saturated carbocycles. The van der Waals surface area contributed by atoms with E-state index in [0.29, 0.717) is 0 Å². The van der Waals surface area contributed by atoms with Gasteiger partial charge in [-0.05, 0) is 47.5 Å². The second kappa shape index (κ2) is 4.84. The van der Waals surface area contributed by atoms with Crippen LogP contribution in [0.2, 0.25) is 0 Å². The normalized spacial score (nSPS) is 10.2. The fourth-order valence-corrected chi connectivity index (χ4v) is 1.95. The number of pyridine rings is 1. The quantitative estimate of drug-likeness (QED) is 0.642. The fraction of sp³-hybridized carbons (Fsp3) is 0. The molecule has 0 fully saturated rings. The van der Waals surface area contributed by atoms with Gasteiger partial charge in [0, 0.05) is 11.8 Å². The summed E-state index contributed by atoms with van der Waals surface area (Å²) < 4.78 is 0. The molecule has 0 saturated heterocycles. The van der Waals surface area contributed by atoms with Crippen LogP contribution in [0.15, 0.2) is 72.9 Å². The van der Waals surface area contributed by atoms with E-state index in [4.69, 9.17) is 0 Å². The van der Waals surface area contributed by atoms with Gasteiger partial charge in [-0.25, -0.2) is 0 Å². The molecule has 0 unspecified atom stereocenters. The molecule has 1 aromatic heterocycles. The van der Waals surface area contributed by atoms with Crippen molar-refractivity contribution in [2.75, 3.05) is 0 Å². The molecule has 0 spiro atoms. The third-order valence-electron chi connectivity index (χ3n) is 2.86. The summed E-state index contributed by atoms with van der Waals surface area (Å²) in [7, 11) is 0. The van der Waals surface area contributed by atoms with Gasteiger partial charge in [-0.15, -0.1) is 0 Å². The summed E-state index contributed by atoms with van der Waals surface area (Å²) in [6.45, 7) is 0. The van der Waals surface area contributed by atoms with Crippen LogP contribution in [0.4, 0.5) is 0 Å². The van der Waals surface area contributed by atoms with Crippen molar-refractivity contribution in [3.05, 3.63) is 79.0 Å². The molecule has 1 heteroatoms. The summed E-state index contributed by atoms with van der Waals surface area (Å²) >= 11 is 0. The van der Waals surface area contributed by atoms with E-state index in [-0.39, 0.29) is 0 Å². The highest BCUT2D eigenvalue weighted by Crippen LogP contribution is 2.24. The SMILES string of the molecule is [c]1cc(-c2ccccc2)cc(-c2ccccn2)c1. The van der Waals surface area contributed by atoms with Gasteiger partial charge in [0.1, 0.15) is 0 Å². The minimum atomic E-state index is 0.978. The van der Waals surface area contributed by atoms with Crippen LogP contribution in [0.5, 0.6) is 0 Å². The van der Waals surface area contributed by atoms with E-state index in [1.54, 1.807) is 0 Å². The third kappa shape index (κ3) is 2.16. The molecule has 3 aromatic rings. The third-order valence-corrected chi connectivity index (χ3v) is 2.86. The number of hydrogen-bond acceptors (Lipinski definition) is 1. The summed E-state index contributed by atoms with van der Waals surface area (Å²) in [6, 6.07) is 25.6. The van der Waals surface area contributed by atoms with Crippen LogP contribution in [0.3, 0.4) is 0 Å². The molecule has 0 aliphatic carbocycles. The maximum Gasteiger partial charge on any atom is 0.0702 e. The van der Waals surface area contributed by atoms with Gasteiger partial charge in [0.15, 0.2) is 0 Å². The number of aromatic nitrogens is 1. The second-order valence-electron chi connectivity index (χ2n) is 4.09. The van der Waals surface area contributed by atoms with E-state index in [1.165, 1.54) is 11.1 Å². The molecular weight excluding hydrogens is 218 g/mol. The minimum Gasteiger partial charge on any atom is -0.256 e. The molecule has 0 aliphatic rings. The maximum atomic E-state index is 4.36. The van der Waals surface area contributed by atoms with Gasteiger partial charge in [0.2, 0.25) is 0 Å². The molecule has 1 heterocycles. The number of nitrogens with zero attached hydrogens (tertiary/aromatic N) is 1. The fourth-order valence-electron chi connectivity index (χ4n) is 1.95. The van der Waals surface area contributed by atoms with Gasteiger partial charge in [0.25, 0.3) is 0 Å². The Morgan fingerprint density at radius 1 is 0.722 bits per heavy atom. The van der Waals surface area contributed by atoms with E-state index in [1.807, 2.05) is 54.7 Å². The lowest BCUT2D eigenvalue weighted by molar-refractivity contribution is 1.33. The lowest BCUT2D eigenvalue weighted by Crippen LogP contribution is -1.83. The van der Waals surface area contributed by atoms with Gasteiger partial charge < -0.3 is 0 Å². The molecule has 0 amide bonds. The molecule has 0 N–H and O–H groups in total. The van der Waals surface area contributed by atoms with Crippen LogP contribution in [0.25, 0.3) is 22.4 Å². The van der Waals surface area contributed by atoms with Crippen molar-refractivity contribution in [3.63, 3.8) is 0 Å². The van der Waals surface area contributed by atoms with E-state index < -0.39 is 0 Å². The molecule has 18 heavy (non-hydrogen) atoms. The lowest BCUT2D eigenvalue weighted by Gasteiger charge is -2.04. The molecule has 0 atom stereocenters. The first kappa shape index (κ1) is 10.7. The molecular formula is C17H12N. The molecule has 0 bridgehead atoms. The first-order valence-electron chi connectivity index (χ1n) is 5.91. The highest BCUT2D eigenvalue weighted by atomic mass is 14.7. The topological polar surface area (TPSA) is 12.9 Å². The smallest absolute Gasteiger partial charge is 0.0702 e. The summed E-state index contributed by atoms with van der Waals surface area (Å²) in [5.41, 5.74) is 4.44. The van der Waals surface area contributed by atoms with E-state index in [9.17, 15) is 0 Å². The Morgan fingerprint density at radius 2 is 1.50 bits per heavy atom. The first-order chi connectivity index (χ1) is 8.93. The number of benzene rings is 2. The van der Waals surface area contributed by atoms with E-state index in [2.05, 4.69) is 29.2 Å². The monoisotopic (exact) mass is 230 g/mol. The molecule has 0 aliphatic heterocycles. The predicted octanol–water partition coefficient (Wildman–Crippen LogP) is 4.22. The molecule has 1 radical (unpaired) electrons. The average molecular weight is 230 g/mol. The Kier molecular flexibility index (Phi) is 2.89. The minimum absolute atomic E-state index is 0.978. The van der Waals surface area contributed by atoms with Crippen molar-refractivity contribution in [1.82, 2.24) is 4.98 Å². The average Bonchev–Trinajstić information content (AvgIpc) is 2.49. The standard InChI is InChI=1S/C17H12N/c1-2-7-14(8-3-1)15-9-6-10-16(13-15)17-11-4-5-12-18-17/h1-5,7-13H. The zero-order chi connectivity index (χ0) is 12.2. The number of rotatable bonds is 2. The van der Waals surface area contributed by atoms with E-state index >= 15 is 0 Å².